The molecule has 6 atom stereocenters. The second-order valence-corrected chi connectivity index (χ2v) is 13.6. The third-order valence-corrected chi connectivity index (χ3v) is 8.23. The molecule has 0 aromatic rings. The van der Waals surface area contributed by atoms with E-state index in [1.807, 2.05) is 20.8 Å². The number of nitrogens with zero attached hydrogens (tertiary/aromatic N) is 1. The zero-order valence-corrected chi connectivity index (χ0v) is 23.7. The van der Waals surface area contributed by atoms with Crippen LogP contribution in [-0.4, -0.2) is 75.5 Å². The Bertz CT molecular complexity index is 813. The SMILES string of the molecule is CCCNC(=O)[C@H]1[C@@H]2OC3(CC2Br)C(C(=O)NC(C)(C)CC(C)(C)C)N(CCCCCO)C(=O)[C@H]13. The minimum atomic E-state index is -1.02. The second-order valence-electron chi connectivity index (χ2n) is 12.4. The number of alkyl halides is 1. The van der Waals surface area contributed by atoms with Gasteiger partial charge in [0.2, 0.25) is 17.7 Å². The van der Waals surface area contributed by atoms with Crippen LogP contribution >= 0.6 is 15.9 Å². The molecule has 200 valence electrons. The van der Waals surface area contributed by atoms with Gasteiger partial charge < -0.3 is 25.4 Å². The molecule has 8 nitrogen and oxygen atoms in total. The molecule has 35 heavy (non-hydrogen) atoms. The number of hydrogen-bond donors (Lipinski definition) is 3. The zero-order chi connectivity index (χ0) is 26.2. The highest BCUT2D eigenvalue weighted by molar-refractivity contribution is 9.09. The summed E-state index contributed by atoms with van der Waals surface area (Å²) in [5.74, 6) is -1.84. The van der Waals surface area contributed by atoms with Gasteiger partial charge >= 0.3 is 0 Å². The third kappa shape index (κ3) is 5.72. The number of hydrogen-bond acceptors (Lipinski definition) is 5. The minimum Gasteiger partial charge on any atom is -0.396 e. The van der Waals surface area contributed by atoms with Crippen LogP contribution < -0.4 is 10.6 Å². The Hall–Kier alpha value is -1.19. The molecule has 9 heteroatoms. The van der Waals surface area contributed by atoms with Crippen molar-refractivity contribution in [2.45, 2.75) is 108 Å². The monoisotopic (exact) mass is 557 g/mol. The van der Waals surface area contributed by atoms with Crippen LogP contribution in [0.3, 0.4) is 0 Å². The van der Waals surface area contributed by atoms with Crippen molar-refractivity contribution in [2.24, 2.45) is 17.3 Å². The molecule has 3 aliphatic heterocycles. The summed E-state index contributed by atoms with van der Waals surface area (Å²) in [5, 5.41) is 15.3. The number of unbranched alkanes of at least 4 members (excludes halogenated alkanes) is 2. The van der Waals surface area contributed by atoms with Crippen LogP contribution in [0.25, 0.3) is 0 Å². The van der Waals surface area contributed by atoms with Gasteiger partial charge in [0.05, 0.1) is 17.9 Å². The fourth-order valence-corrected chi connectivity index (χ4v) is 7.62. The van der Waals surface area contributed by atoms with Crippen molar-refractivity contribution in [3.05, 3.63) is 0 Å². The average Bonchev–Trinajstić information content (AvgIpc) is 3.30. The Labute approximate surface area is 218 Å². The standard InChI is InChI=1S/C26H44BrN3O5/c1-7-11-28-21(32)17-18-23(34)30(12-9-8-10-13-31)20(26(18)14-16(27)19(17)35-26)22(33)29-25(5,6)15-24(2,3)4/h16-20,31H,7-15H2,1-6H3,(H,28,32)(H,29,33)/t16?,17-,18+,19-,20?,26?/m1/s1. The lowest BCUT2D eigenvalue weighted by atomic mass is 9.70. The smallest absolute Gasteiger partial charge is 0.246 e. The van der Waals surface area contributed by atoms with Gasteiger partial charge in [-0.1, -0.05) is 43.6 Å². The molecule has 1 spiro atoms. The lowest BCUT2D eigenvalue weighted by molar-refractivity contribution is -0.143. The van der Waals surface area contributed by atoms with Gasteiger partial charge in [-0.25, -0.2) is 0 Å². The molecule has 3 N–H and O–H groups in total. The Morgan fingerprint density at radius 2 is 1.86 bits per heavy atom. The van der Waals surface area contributed by atoms with E-state index in [1.165, 1.54) is 0 Å². The summed E-state index contributed by atoms with van der Waals surface area (Å²) in [6.45, 7) is 13.5. The number of aliphatic hydroxyl groups is 1. The minimum absolute atomic E-state index is 0.0127. The number of likely N-dealkylation sites (tertiary alicyclic amines) is 1. The van der Waals surface area contributed by atoms with E-state index in [9.17, 15) is 14.4 Å². The van der Waals surface area contributed by atoms with Crippen molar-refractivity contribution in [1.82, 2.24) is 15.5 Å². The van der Waals surface area contributed by atoms with Gasteiger partial charge in [-0.2, -0.15) is 0 Å². The van der Waals surface area contributed by atoms with Gasteiger partial charge in [-0.3, -0.25) is 14.4 Å². The van der Waals surface area contributed by atoms with Crippen LogP contribution in [0.4, 0.5) is 0 Å². The zero-order valence-electron chi connectivity index (χ0n) is 22.2. The van der Waals surface area contributed by atoms with Gasteiger partial charge in [0.1, 0.15) is 11.6 Å². The molecule has 0 radical (unpaired) electrons. The van der Waals surface area contributed by atoms with E-state index in [-0.39, 0.29) is 34.6 Å². The summed E-state index contributed by atoms with van der Waals surface area (Å²) in [6.07, 6.45) is 3.73. The molecule has 0 aromatic carbocycles. The number of fused-ring (bicyclic) bond motifs is 1. The predicted octanol–water partition coefficient (Wildman–Crippen LogP) is 2.75. The van der Waals surface area contributed by atoms with Gasteiger partial charge in [0, 0.05) is 30.1 Å². The lowest BCUT2D eigenvalue weighted by Crippen LogP contribution is -2.59. The normalized spacial score (nSPS) is 32.2. The highest BCUT2D eigenvalue weighted by Crippen LogP contribution is 2.60. The molecule has 3 fully saturated rings. The molecule has 0 aliphatic carbocycles. The largest absolute Gasteiger partial charge is 0.396 e. The number of carbonyl (C=O) groups excluding carboxylic acids is 3. The molecule has 3 amide bonds. The first-order valence-electron chi connectivity index (χ1n) is 13.1. The summed E-state index contributed by atoms with van der Waals surface area (Å²) < 4.78 is 6.52. The summed E-state index contributed by atoms with van der Waals surface area (Å²) in [5.41, 5.74) is -1.49. The van der Waals surface area contributed by atoms with Gasteiger partial charge in [0.25, 0.3) is 0 Å². The number of halogens is 1. The number of ether oxygens (including phenoxy) is 1. The topological polar surface area (TPSA) is 108 Å². The first-order valence-corrected chi connectivity index (χ1v) is 14.0. The quantitative estimate of drug-likeness (QED) is 0.267. The molecule has 2 bridgehead atoms. The van der Waals surface area contributed by atoms with Gasteiger partial charge in [-0.05, 0) is 57.8 Å². The lowest BCUT2D eigenvalue weighted by Gasteiger charge is -2.38. The fraction of sp³-hybridized carbons (Fsp3) is 0.885. The number of aliphatic hydroxyl groups excluding tert-OH is 1. The summed E-state index contributed by atoms with van der Waals surface area (Å²) in [7, 11) is 0. The average molecular weight is 559 g/mol. The Kier molecular flexibility index (Phi) is 8.64. The van der Waals surface area contributed by atoms with Crippen LogP contribution in [0.1, 0.15) is 80.1 Å². The maximum absolute atomic E-state index is 13.9. The number of carbonyl (C=O) groups is 3. The van der Waals surface area contributed by atoms with E-state index in [2.05, 4.69) is 47.3 Å². The Morgan fingerprint density at radius 1 is 1.17 bits per heavy atom. The molecule has 3 heterocycles. The third-order valence-electron chi connectivity index (χ3n) is 7.38. The highest BCUT2D eigenvalue weighted by Gasteiger charge is 2.76. The molecule has 3 aliphatic rings. The fourth-order valence-electron chi connectivity index (χ4n) is 6.68. The van der Waals surface area contributed by atoms with Crippen LogP contribution in [0.2, 0.25) is 0 Å². The number of nitrogens with one attached hydrogen (secondary N) is 2. The first-order chi connectivity index (χ1) is 16.3. The van der Waals surface area contributed by atoms with Crippen LogP contribution in [0.5, 0.6) is 0 Å². The van der Waals surface area contributed by atoms with Crippen LogP contribution in [0.15, 0.2) is 0 Å². The maximum Gasteiger partial charge on any atom is 0.246 e. The second kappa shape index (κ2) is 10.7. The van der Waals surface area contributed by atoms with Crippen LogP contribution in [0, 0.1) is 17.3 Å². The van der Waals surface area contributed by atoms with E-state index in [1.54, 1.807) is 4.90 Å². The number of amides is 3. The molecular weight excluding hydrogens is 514 g/mol. The van der Waals surface area contributed by atoms with E-state index >= 15 is 0 Å². The van der Waals surface area contributed by atoms with E-state index < -0.39 is 35.1 Å². The number of rotatable bonds is 11. The summed E-state index contributed by atoms with van der Waals surface area (Å²) >= 11 is 3.70. The van der Waals surface area contributed by atoms with Crippen molar-refractivity contribution < 1.29 is 24.2 Å². The van der Waals surface area contributed by atoms with E-state index in [0.29, 0.717) is 32.4 Å². The van der Waals surface area contributed by atoms with E-state index in [4.69, 9.17) is 9.84 Å². The van der Waals surface area contributed by atoms with Crippen LogP contribution in [-0.2, 0) is 19.1 Å². The predicted molar refractivity (Wildman–Crippen MR) is 138 cm³/mol. The Morgan fingerprint density at radius 3 is 2.46 bits per heavy atom. The van der Waals surface area contributed by atoms with E-state index in [0.717, 1.165) is 19.3 Å². The molecule has 0 saturated carbocycles. The van der Waals surface area contributed by atoms with Gasteiger partial charge in [0.15, 0.2) is 0 Å². The molecule has 3 saturated heterocycles. The highest BCUT2D eigenvalue weighted by atomic mass is 79.9. The molecule has 0 aromatic heterocycles. The molecular formula is C26H44BrN3O5. The summed E-state index contributed by atoms with van der Waals surface area (Å²) in [6, 6.07) is -0.789. The first kappa shape index (κ1) is 28.4. The van der Waals surface area contributed by atoms with Gasteiger partial charge in [-0.15, -0.1) is 0 Å². The van der Waals surface area contributed by atoms with Crippen molar-refractivity contribution in [3.63, 3.8) is 0 Å². The van der Waals surface area contributed by atoms with Crippen molar-refractivity contribution in [3.8, 4) is 0 Å². The molecule has 3 unspecified atom stereocenters. The summed E-state index contributed by atoms with van der Waals surface area (Å²) in [4.78, 5) is 42.5. The van der Waals surface area contributed by atoms with Crippen molar-refractivity contribution in [1.29, 1.82) is 0 Å². The Balaban J connectivity index is 1.94. The molecule has 3 rings (SSSR count). The van der Waals surface area contributed by atoms with Crippen molar-refractivity contribution in [2.75, 3.05) is 19.7 Å². The van der Waals surface area contributed by atoms with Crippen molar-refractivity contribution >= 4 is 33.7 Å². The maximum atomic E-state index is 13.9.